The number of benzene rings is 4. The van der Waals surface area contributed by atoms with Crippen LogP contribution in [-0.4, -0.2) is 15.5 Å². The lowest BCUT2D eigenvalue weighted by atomic mass is 9.36. The Labute approximate surface area is 287 Å². The molecule has 1 aliphatic heterocycles. The molecule has 0 N–H and O–H groups in total. The summed E-state index contributed by atoms with van der Waals surface area (Å²) in [7, 11) is -0.171. The Morgan fingerprint density at radius 1 is 0.302 bits per heavy atom. The van der Waals surface area contributed by atoms with Gasteiger partial charge in [-0.05, 0) is 16.5 Å². The zero-order chi connectivity index (χ0) is 40.3. The van der Waals surface area contributed by atoms with Crippen LogP contribution in [0.3, 0.4) is 0 Å². The normalized spacial score (nSPS) is 12.6. The van der Waals surface area contributed by atoms with Crippen molar-refractivity contribution in [3.8, 4) is 0 Å². The maximum absolute atomic E-state index is 15.3. The molecule has 0 nitrogen and oxygen atoms in total. The topological polar surface area (TPSA) is 0 Å². The number of hydrogen-bond acceptors (Lipinski definition) is 0. The van der Waals surface area contributed by atoms with Crippen LogP contribution in [0, 0.1) is 111 Å². The number of halogens is 19. The molecule has 0 saturated heterocycles. The van der Waals surface area contributed by atoms with Crippen molar-refractivity contribution in [1.82, 2.24) is 0 Å². The summed E-state index contributed by atoms with van der Waals surface area (Å²) >= 11 is 0. The first-order chi connectivity index (χ1) is 24.6. The van der Waals surface area contributed by atoms with Gasteiger partial charge >= 0.3 is 0 Å². The molecule has 53 heavy (non-hydrogen) atoms. The van der Waals surface area contributed by atoms with Gasteiger partial charge in [0, 0.05) is 25.4 Å². The molecule has 0 amide bonds. The summed E-state index contributed by atoms with van der Waals surface area (Å²) < 4.78 is 278. The highest BCUT2D eigenvalue weighted by atomic mass is 28.3. The molecule has 0 unspecified atom stereocenters. The highest BCUT2D eigenvalue weighted by Crippen LogP contribution is 2.46. The molecule has 5 rings (SSSR count). The minimum absolute atomic E-state index is 0.171. The van der Waals surface area contributed by atoms with Crippen molar-refractivity contribution in [1.29, 1.82) is 0 Å². The van der Waals surface area contributed by atoms with E-state index in [1.54, 1.807) is 0 Å². The molecule has 0 atom stereocenters. The number of hydrogen-bond donors (Lipinski definition) is 0. The van der Waals surface area contributed by atoms with Crippen LogP contribution in [0.1, 0.15) is 37.5 Å². The Bertz CT molecular complexity index is 2120. The first kappa shape index (κ1) is 41.3. The summed E-state index contributed by atoms with van der Waals surface area (Å²) in [6.45, 7) is 3.10. The van der Waals surface area contributed by atoms with E-state index in [-0.39, 0.29) is 8.80 Å². The third-order valence-corrected chi connectivity index (χ3v) is 12.1. The molecule has 4 aromatic carbocycles. The van der Waals surface area contributed by atoms with Crippen molar-refractivity contribution in [2.24, 2.45) is 0 Å². The number of rotatable bonds is 6. The molecule has 0 aromatic heterocycles. The monoisotopic (exact) mass is 800 g/mol. The van der Waals surface area contributed by atoms with Crippen molar-refractivity contribution >= 4 is 37.5 Å². The summed E-state index contributed by atoms with van der Waals surface area (Å²) in [5.41, 5.74) is -18.2. The summed E-state index contributed by atoms with van der Waals surface area (Å²) in [5.74, 6) is -58.9. The van der Waals surface area contributed by atoms with Gasteiger partial charge in [0.25, 0.3) is 6.71 Å². The minimum Gasteiger partial charge on any atom is -0.204 e. The van der Waals surface area contributed by atoms with Crippen molar-refractivity contribution in [3.05, 3.63) is 127 Å². The van der Waals surface area contributed by atoms with Crippen LogP contribution in [0.25, 0.3) is 11.0 Å². The van der Waals surface area contributed by atoms with E-state index in [1.165, 1.54) is 18.1 Å². The van der Waals surface area contributed by atoms with Gasteiger partial charge in [-0.25, -0.2) is 83.4 Å². The van der Waals surface area contributed by atoms with Crippen LogP contribution in [0.5, 0.6) is 0 Å². The maximum Gasteiger partial charge on any atom is 0.255 e. The van der Waals surface area contributed by atoms with E-state index >= 15 is 35.1 Å². The summed E-state index contributed by atoms with van der Waals surface area (Å²) in [5, 5.41) is 0. The fourth-order valence-electron chi connectivity index (χ4n) is 5.81. The molecule has 0 aliphatic carbocycles. The van der Waals surface area contributed by atoms with Gasteiger partial charge in [0.05, 0.1) is 5.56 Å². The SMILES string of the molecule is CC[SiH](CC)CC.Fc1c(F)c(F)c(B2C(c3c(F)c(F)c(F)c(F)c3F)=C(c3c(F)c(F)c(F)c(F)c3F)c3c(F)c(F)c(F)c(F)c32)c(F)c1F. The van der Waals surface area contributed by atoms with Crippen molar-refractivity contribution in [2.75, 3.05) is 0 Å². The molecule has 0 bridgehead atoms. The van der Waals surface area contributed by atoms with Crippen LogP contribution in [0.2, 0.25) is 18.1 Å². The van der Waals surface area contributed by atoms with E-state index in [9.17, 15) is 48.3 Å². The standard InChI is InChI=1S/C26BF19.C6H16Si/c28-8-2-1(3-9(29)17(37)24(44)18(38)10(3)30)5(4-11(31)19(39)25(45)20(40)12(4)32)27(6(2)13(33)21(41)16(8)36)7-14(34)22(42)26(46)23(43)15(7)35;1-4-7(5-2)6-3/h;7H,4-6H2,1-3H3. The molecule has 4 aromatic rings. The van der Waals surface area contributed by atoms with Crippen molar-refractivity contribution in [3.63, 3.8) is 0 Å². The second-order valence-electron chi connectivity index (χ2n) is 11.2. The first-order valence-corrected chi connectivity index (χ1v) is 17.3. The molecule has 0 radical (unpaired) electrons. The molecule has 0 fully saturated rings. The lowest BCUT2D eigenvalue weighted by Gasteiger charge is -2.20. The average molecular weight is 800 g/mol. The zero-order valence-corrected chi connectivity index (χ0v) is 27.6. The van der Waals surface area contributed by atoms with E-state index in [0.29, 0.717) is 0 Å². The van der Waals surface area contributed by atoms with Gasteiger partial charge in [0.2, 0.25) is 11.6 Å². The molecule has 21 heteroatoms. The lowest BCUT2D eigenvalue weighted by Crippen LogP contribution is -2.49. The van der Waals surface area contributed by atoms with Crippen LogP contribution in [0.4, 0.5) is 83.4 Å². The quantitative estimate of drug-likeness (QED) is 0.0789. The van der Waals surface area contributed by atoms with Crippen LogP contribution in [-0.2, 0) is 0 Å². The van der Waals surface area contributed by atoms with Gasteiger partial charge in [0.15, 0.2) is 98.9 Å². The molecule has 1 aliphatic rings. The molecule has 0 spiro atoms. The fourth-order valence-corrected chi connectivity index (χ4v) is 7.54. The Kier molecular flexibility index (Phi) is 11.8. The summed E-state index contributed by atoms with van der Waals surface area (Å²) in [6, 6.07) is 4.48. The van der Waals surface area contributed by atoms with E-state index in [0.717, 1.165) is 0 Å². The smallest absolute Gasteiger partial charge is 0.204 e. The average Bonchev–Trinajstić information content (AvgIpc) is 3.47. The Balaban J connectivity index is 0.000000815. The van der Waals surface area contributed by atoms with Crippen LogP contribution in [0.15, 0.2) is 0 Å². The second-order valence-corrected chi connectivity index (χ2v) is 15.4. The predicted octanol–water partition coefficient (Wildman–Crippen LogP) is 9.72. The highest BCUT2D eigenvalue weighted by Gasteiger charge is 2.51. The molecule has 284 valence electrons. The Morgan fingerprint density at radius 2 is 0.547 bits per heavy atom. The van der Waals surface area contributed by atoms with E-state index in [1.807, 2.05) is 0 Å². The third-order valence-electron chi connectivity index (χ3n) is 8.60. The van der Waals surface area contributed by atoms with Gasteiger partial charge in [0.1, 0.15) is 0 Å². The predicted molar refractivity (Wildman–Crippen MR) is 154 cm³/mol. The molecule has 1 heterocycles. The third kappa shape index (κ3) is 6.27. The van der Waals surface area contributed by atoms with Crippen LogP contribution < -0.4 is 10.9 Å². The molecular weight excluding hydrogens is 784 g/mol. The second kappa shape index (κ2) is 15.1. The van der Waals surface area contributed by atoms with Gasteiger partial charge in [-0.3, -0.25) is 0 Å². The summed E-state index contributed by atoms with van der Waals surface area (Å²) in [4.78, 5) is 0. The Morgan fingerprint density at radius 3 is 0.849 bits per heavy atom. The van der Waals surface area contributed by atoms with E-state index in [2.05, 4.69) is 20.8 Å². The van der Waals surface area contributed by atoms with Gasteiger partial charge in [-0.15, -0.1) is 0 Å². The van der Waals surface area contributed by atoms with Crippen molar-refractivity contribution in [2.45, 2.75) is 38.9 Å². The van der Waals surface area contributed by atoms with Gasteiger partial charge in [-0.2, -0.15) is 0 Å². The van der Waals surface area contributed by atoms with Gasteiger partial charge < -0.3 is 0 Å². The van der Waals surface area contributed by atoms with Crippen LogP contribution >= 0.6 is 0 Å². The first-order valence-electron chi connectivity index (χ1n) is 14.8. The van der Waals surface area contributed by atoms with Gasteiger partial charge in [-0.1, -0.05) is 38.9 Å². The molecule has 0 saturated carbocycles. The minimum atomic E-state index is -3.87. The fraction of sp³-hybridized carbons (Fsp3) is 0.188. The summed E-state index contributed by atoms with van der Waals surface area (Å²) in [6.07, 6.45) is 0. The van der Waals surface area contributed by atoms with E-state index < -0.39 is 156 Å². The highest BCUT2D eigenvalue weighted by molar-refractivity contribution is 7.03. The lowest BCUT2D eigenvalue weighted by molar-refractivity contribution is 0.375. The molecular formula is C32H16BF19Si. The maximum atomic E-state index is 15.3. The number of fused-ring (bicyclic) bond motifs is 1. The Hall–Kier alpha value is -4.43. The zero-order valence-electron chi connectivity index (χ0n) is 26.5. The van der Waals surface area contributed by atoms with Crippen molar-refractivity contribution < 1.29 is 83.4 Å². The largest absolute Gasteiger partial charge is 0.255 e. The van der Waals surface area contributed by atoms with E-state index in [4.69, 9.17) is 0 Å².